The fourth-order valence-electron chi connectivity index (χ4n) is 1.80. The van der Waals surface area contributed by atoms with Crippen LogP contribution in [0.25, 0.3) is 0 Å². The van der Waals surface area contributed by atoms with Crippen LogP contribution >= 0.6 is 0 Å². The van der Waals surface area contributed by atoms with Crippen molar-refractivity contribution in [3.63, 3.8) is 0 Å². The molecule has 1 aliphatic heterocycles. The Morgan fingerprint density at radius 2 is 2.30 bits per heavy atom. The second kappa shape index (κ2) is 6.97. The number of amides is 2. The number of hydrogen-bond acceptors (Lipinski definition) is 4. The van der Waals surface area contributed by atoms with Gasteiger partial charge in [0, 0.05) is 12.2 Å². The van der Waals surface area contributed by atoms with E-state index in [2.05, 4.69) is 16.0 Å². The zero-order valence-electron chi connectivity index (χ0n) is 10.8. The molecule has 1 aromatic rings. The molecule has 0 bridgehead atoms. The van der Waals surface area contributed by atoms with E-state index in [-0.39, 0.29) is 19.1 Å². The van der Waals surface area contributed by atoms with Crippen molar-refractivity contribution >= 4 is 17.5 Å². The molecule has 0 aromatic heterocycles. The van der Waals surface area contributed by atoms with Crippen molar-refractivity contribution < 1.29 is 18.7 Å². The minimum Gasteiger partial charge on any atom is -0.378 e. The molecule has 1 saturated heterocycles. The fourth-order valence-corrected chi connectivity index (χ4v) is 1.80. The fraction of sp³-hybridized carbons (Fsp3) is 0.385. The molecular weight excluding hydrogens is 265 g/mol. The topological polar surface area (TPSA) is 79.5 Å². The summed E-state index contributed by atoms with van der Waals surface area (Å²) in [6, 6.07) is 5.11. The van der Waals surface area contributed by atoms with Gasteiger partial charge in [0.05, 0.1) is 19.8 Å². The largest absolute Gasteiger partial charge is 0.378 e. The smallest absolute Gasteiger partial charge is 0.243 e. The molecule has 0 radical (unpaired) electrons. The lowest BCUT2D eigenvalue weighted by molar-refractivity contribution is -0.128. The first-order valence-corrected chi connectivity index (χ1v) is 6.29. The predicted octanol–water partition coefficient (Wildman–Crippen LogP) is -0.131. The first-order valence-electron chi connectivity index (χ1n) is 6.29. The van der Waals surface area contributed by atoms with Gasteiger partial charge in [-0.25, -0.2) is 4.39 Å². The van der Waals surface area contributed by atoms with Gasteiger partial charge in [-0.1, -0.05) is 6.07 Å². The van der Waals surface area contributed by atoms with E-state index in [9.17, 15) is 14.0 Å². The average molecular weight is 281 g/mol. The zero-order chi connectivity index (χ0) is 14.4. The van der Waals surface area contributed by atoms with Gasteiger partial charge in [-0.3, -0.25) is 9.59 Å². The van der Waals surface area contributed by atoms with Crippen LogP contribution in [0, 0.1) is 5.82 Å². The molecule has 20 heavy (non-hydrogen) atoms. The van der Waals surface area contributed by atoms with Crippen LogP contribution in [-0.2, 0) is 14.3 Å². The Morgan fingerprint density at radius 3 is 3.00 bits per heavy atom. The lowest BCUT2D eigenvalue weighted by atomic mass is 10.2. The third-order valence-corrected chi connectivity index (χ3v) is 2.77. The quantitative estimate of drug-likeness (QED) is 0.718. The highest BCUT2D eigenvalue weighted by atomic mass is 19.1. The van der Waals surface area contributed by atoms with Gasteiger partial charge in [-0.05, 0) is 18.2 Å². The van der Waals surface area contributed by atoms with Gasteiger partial charge in [-0.2, -0.15) is 0 Å². The Labute approximate surface area is 115 Å². The van der Waals surface area contributed by atoms with Crippen LogP contribution in [0.4, 0.5) is 10.1 Å². The lowest BCUT2D eigenvalue weighted by Crippen LogP contribution is -2.52. The third-order valence-electron chi connectivity index (χ3n) is 2.77. The van der Waals surface area contributed by atoms with Crippen molar-refractivity contribution in [1.82, 2.24) is 10.6 Å². The third kappa shape index (κ3) is 4.29. The van der Waals surface area contributed by atoms with Crippen LogP contribution in [0.1, 0.15) is 0 Å². The predicted molar refractivity (Wildman–Crippen MR) is 70.6 cm³/mol. The van der Waals surface area contributed by atoms with Crippen molar-refractivity contribution in [3.05, 3.63) is 30.1 Å². The molecule has 7 heteroatoms. The van der Waals surface area contributed by atoms with E-state index < -0.39 is 17.8 Å². The minimum atomic E-state index is -0.439. The summed E-state index contributed by atoms with van der Waals surface area (Å²) in [7, 11) is 0. The van der Waals surface area contributed by atoms with Gasteiger partial charge in [0.25, 0.3) is 0 Å². The molecule has 1 aliphatic rings. The summed E-state index contributed by atoms with van der Waals surface area (Å²) >= 11 is 0. The molecule has 2 amide bonds. The van der Waals surface area contributed by atoms with Crippen LogP contribution in [0.5, 0.6) is 0 Å². The van der Waals surface area contributed by atoms with E-state index in [1.165, 1.54) is 18.2 Å². The Hall–Kier alpha value is -1.99. The van der Waals surface area contributed by atoms with E-state index in [0.29, 0.717) is 18.8 Å². The van der Waals surface area contributed by atoms with Gasteiger partial charge in [-0.15, -0.1) is 0 Å². The van der Waals surface area contributed by atoms with Crippen molar-refractivity contribution in [3.8, 4) is 0 Å². The number of hydrogen-bond donors (Lipinski definition) is 3. The van der Waals surface area contributed by atoms with E-state index >= 15 is 0 Å². The summed E-state index contributed by atoms with van der Waals surface area (Å²) in [6.07, 6.45) is 0. The SMILES string of the molecule is O=C(CNC(=O)C1COCCN1)Nc1cccc(F)c1. The molecule has 6 nitrogen and oxygen atoms in total. The maximum atomic E-state index is 12.9. The standard InChI is InChI=1S/C13H16FN3O3/c14-9-2-1-3-10(6-9)17-12(18)7-16-13(19)11-8-20-5-4-15-11/h1-3,6,11,15H,4-5,7-8H2,(H,16,19)(H,17,18). The highest BCUT2D eigenvalue weighted by Gasteiger charge is 2.21. The maximum absolute atomic E-state index is 12.9. The number of carbonyl (C=O) groups excluding carboxylic acids is 2. The van der Waals surface area contributed by atoms with Gasteiger partial charge in [0.1, 0.15) is 11.9 Å². The van der Waals surface area contributed by atoms with Crippen LogP contribution in [0.15, 0.2) is 24.3 Å². The Kier molecular flexibility index (Phi) is 5.03. The number of anilines is 1. The Morgan fingerprint density at radius 1 is 1.45 bits per heavy atom. The molecule has 1 unspecified atom stereocenters. The van der Waals surface area contributed by atoms with Gasteiger partial charge < -0.3 is 20.7 Å². The molecule has 1 atom stereocenters. The summed E-state index contributed by atoms with van der Waals surface area (Å²) in [6.45, 7) is 1.29. The van der Waals surface area contributed by atoms with Gasteiger partial charge in [0.2, 0.25) is 11.8 Å². The van der Waals surface area contributed by atoms with Crippen LogP contribution in [0.2, 0.25) is 0 Å². The van der Waals surface area contributed by atoms with Crippen LogP contribution in [-0.4, -0.2) is 44.2 Å². The molecule has 3 N–H and O–H groups in total. The Balaban J connectivity index is 1.75. The second-order valence-electron chi connectivity index (χ2n) is 4.36. The average Bonchev–Trinajstić information content (AvgIpc) is 2.46. The summed E-state index contributed by atoms with van der Waals surface area (Å²) in [4.78, 5) is 23.3. The highest BCUT2D eigenvalue weighted by molar-refractivity contribution is 5.95. The van der Waals surface area contributed by atoms with Gasteiger partial charge >= 0.3 is 0 Å². The molecule has 2 rings (SSSR count). The number of morpholine rings is 1. The first kappa shape index (κ1) is 14.4. The summed E-state index contributed by atoms with van der Waals surface area (Å²) < 4.78 is 18.1. The summed E-state index contributed by atoms with van der Waals surface area (Å²) in [5.74, 6) is -1.14. The molecule has 1 fully saturated rings. The molecule has 108 valence electrons. The molecule has 0 spiro atoms. The monoisotopic (exact) mass is 281 g/mol. The highest BCUT2D eigenvalue weighted by Crippen LogP contribution is 2.08. The molecular formula is C13H16FN3O3. The van der Waals surface area contributed by atoms with Crippen molar-refractivity contribution in [2.24, 2.45) is 0 Å². The van der Waals surface area contributed by atoms with E-state index in [4.69, 9.17) is 4.74 Å². The summed E-state index contributed by atoms with van der Waals surface area (Å²) in [5, 5.41) is 7.98. The van der Waals surface area contributed by atoms with Gasteiger partial charge in [0.15, 0.2) is 0 Å². The number of ether oxygens (including phenoxy) is 1. The number of benzene rings is 1. The molecule has 0 saturated carbocycles. The number of carbonyl (C=O) groups is 2. The first-order chi connectivity index (χ1) is 9.65. The second-order valence-corrected chi connectivity index (χ2v) is 4.36. The zero-order valence-corrected chi connectivity index (χ0v) is 10.8. The summed E-state index contributed by atoms with van der Waals surface area (Å²) in [5.41, 5.74) is 0.350. The van der Waals surface area contributed by atoms with Crippen LogP contribution in [0.3, 0.4) is 0 Å². The van der Waals surface area contributed by atoms with E-state index in [0.717, 1.165) is 0 Å². The number of halogens is 1. The van der Waals surface area contributed by atoms with Crippen molar-refractivity contribution in [2.45, 2.75) is 6.04 Å². The van der Waals surface area contributed by atoms with E-state index in [1.807, 2.05) is 0 Å². The molecule has 0 aliphatic carbocycles. The normalized spacial score (nSPS) is 18.4. The van der Waals surface area contributed by atoms with Crippen LogP contribution < -0.4 is 16.0 Å². The Bertz CT molecular complexity index is 490. The maximum Gasteiger partial charge on any atom is 0.243 e. The molecule has 1 heterocycles. The van der Waals surface area contributed by atoms with Crippen molar-refractivity contribution in [2.75, 3.05) is 31.6 Å². The molecule has 1 aromatic carbocycles. The number of rotatable bonds is 4. The van der Waals surface area contributed by atoms with E-state index in [1.54, 1.807) is 6.07 Å². The van der Waals surface area contributed by atoms with Crippen molar-refractivity contribution in [1.29, 1.82) is 0 Å². The lowest BCUT2D eigenvalue weighted by Gasteiger charge is -2.22. The minimum absolute atomic E-state index is 0.173. The number of nitrogens with one attached hydrogen (secondary N) is 3.